The highest BCUT2D eigenvalue weighted by Crippen LogP contribution is 2.20. The van der Waals surface area contributed by atoms with Crippen LogP contribution in [0.1, 0.15) is 25.0 Å². The van der Waals surface area contributed by atoms with Crippen LogP contribution in [-0.2, 0) is 18.4 Å². The van der Waals surface area contributed by atoms with Crippen molar-refractivity contribution < 1.29 is 14.7 Å². The lowest BCUT2D eigenvalue weighted by Gasteiger charge is -2.31. The Kier molecular flexibility index (Phi) is 4.60. The fraction of sp³-hybridized carbons (Fsp3) is 0.615. The Morgan fingerprint density at radius 2 is 2.15 bits per heavy atom. The van der Waals surface area contributed by atoms with E-state index in [0.717, 1.165) is 18.5 Å². The quantitative estimate of drug-likeness (QED) is 0.854. The minimum Gasteiger partial charge on any atom is -0.481 e. The number of carboxylic acids is 1. The van der Waals surface area contributed by atoms with E-state index in [9.17, 15) is 9.59 Å². The second-order valence-electron chi connectivity index (χ2n) is 5.17. The maximum absolute atomic E-state index is 12.0. The number of nitrogens with zero attached hydrogens (tertiary/aromatic N) is 3. The first-order valence-electron chi connectivity index (χ1n) is 6.77. The van der Waals surface area contributed by atoms with Gasteiger partial charge in [-0.25, -0.2) is 4.79 Å². The zero-order chi connectivity index (χ0) is 14.5. The number of rotatable bonds is 4. The summed E-state index contributed by atoms with van der Waals surface area (Å²) in [6, 6.07) is 1.75. The van der Waals surface area contributed by atoms with Crippen LogP contribution in [0.15, 0.2) is 12.3 Å². The van der Waals surface area contributed by atoms with Gasteiger partial charge >= 0.3 is 12.0 Å². The number of carbonyl (C=O) groups is 2. The average molecular weight is 280 g/mol. The Labute approximate surface area is 117 Å². The molecule has 1 aliphatic heterocycles. The lowest BCUT2D eigenvalue weighted by molar-refractivity contribution is -0.138. The molecule has 0 unspecified atom stereocenters. The van der Waals surface area contributed by atoms with Crippen LogP contribution < -0.4 is 5.32 Å². The largest absolute Gasteiger partial charge is 0.481 e. The zero-order valence-corrected chi connectivity index (χ0v) is 11.6. The Morgan fingerprint density at radius 3 is 2.70 bits per heavy atom. The van der Waals surface area contributed by atoms with Crippen molar-refractivity contribution in [1.82, 2.24) is 20.0 Å². The molecule has 0 aliphatic carbocycles. The van der Waals surface area contributed by atoms with Gasteiger partial charge in [0.05, 0.1) is 12.2 Å². The number of hydrogen-bond acceptors (Lipinski definition) is 3. The summed E-state index contributed by atoms with van der Waals surface area (Å²) in [7, 11) is 1.83. The van der Waals surface area contributed by atoms with Crippen molar-refractivity contribution in [1.29, 1.82) is 0 Å². The molecule has 0 saturated carbocycles. The van der Waals surface area contributed by atoms with Crippen molar-refractivity contribution in [2.45, 2.75) is 25.8 Å². The predicted molar refractivity (Wildman–Crippen MR) is 72.0 cm³/mol. The summed E-state index contributed by atoms with van der Waals surface area (Å²) in [5.41, 5.74) is 0.821. The fourth-order valence-electron chi connectivity index (χ4n) is 2.42. The molecule has 2 heterocycles. The van der Waals surface area contributed by atoms with Crippen molar-refractivity contribution in [2.75, 3.05) is 13.1 Å². The standard InChI is InChI=1S/C13H20N4O3/c1-16-5-4-11(15-16)9-14-13(20)17-6-2-10(3-7-17)8-12(18)19/h4-5,10H,2-3,6-9H2,1H3,(H,14,20)(H,18,19). The molecule has 0 radical (unpaired) electrons. The highest BCUT2D eigenvalue weighted by molar-refractivity contribution is 5.74. The molecule has 2 amide bonds. The number of nitrogens with one attached hydrogen (secondary N) is 1. The van der Waals surface area contributed by atoms with Crippen LogP contribution in [0.3, 0.4) is 0 Å². The molecule has 1 aliphatic rings. The van der Waals surface area contributed by atoms with Gasteiger partial charge in [0.1, 0.15) is 0 Å². The maximum atomic E-state index is 12.0. The van der Waals surface area contributed by atoms with Crippen LogP contribution in [0.5, 0.6) is 0 Å². The van der Waals surface area contributed by atoms with Crippen LogP contribution >= 0.6 is 0 Å². The van der Waals surface area contributed by atoms with Gasteiger partial charge in [0.25, 0.3) is 0 Å². The van der Waals surface area contributed by atoms with E-state index in [1.165, 1.54) is 0 Å². The normalized spacial score (nSPS) is 16.1. The first-order chi connectivity index (χ1) is 9.54. The minimum absolute atomic E-state index is 0.107. The van der Waals surface area contributed by atoms with E-state index >= 15 is 0 Å². The SMILES string of the molecule is Cn1ccc(CNC(=O)N2CCC(CC(=O)O)CC2)n1. The molecule has 20 heavy (non-hydrogen) atoms. The van der Waals surface area contributed by atoms with Gasteiger partial charge in [-0.05, 0) is 24.8 Å². The van der Waals surface area contributed by atoms with Crippen molar-refractivity contribution in [3.8, 4) is 0 Å². The van der Waals surface area contributed by atoms with Gasteiger partial charge in [0.15, 0.2) is 0 Å². The van der Waals surface area contributed by atoms with Gasteiger partial charge in [-0.3, -0.25) is 9.48 Å². The number of aromatic nitrogens is 2. The van der Waals surface area contributed by atoms with Crippen LogP contribution in [0.25, 0.3) is 0 Å². The zero-order valence-electron chi connectivity index (χ0n) is 11.6. The Morgan fingerprint density at radius 1 is 1.45 bits per heavy atom. The topological polar surface area (TPSA) is 87.5 Å². The fourth-order valence-corrected chi connectivity index (χ4v) is 2.42. The number of urea groups is 1. The maximum Gasteiger partial charge on any atom is 0.317 e. The molecule has 1 aromatic rings. The number of aliphatic carboxylic acids is 1. The molecule has 0 aromatic carbocycles. The van der Waals surface area contributed by atoms with E-state index in [-0.39, 0.29) is 18.4 Å². The molecule has 0 atom stereocenters. The molecule has 0 bridgehead atoms. The van der Waals surface area contributed by atoms with E-state index < -0.39 is 5.97 Å². The van der Waals surface area contributed by atoms with Gasteiger partial charge in [-0.2, -0.15) is 5.10 Å². The summed E-state index contributed by atoms with van der Waals surface area (Å²) in [6.07, 6.45) is 3.54. The number of aryl methyl sites for hydroxylation is 1. The van der Waals surface area contributed by atoms with E-state index in [0.29, 0.717) is 19.6 Å². The van der Waals surface area contributed by atoms with Crippen LogP contribution in [0.2, 0.25) is 0 Å². The van der Waals surface area contributed by atoms with Crippen molar-refractivity contribution in [3.05, 3.63) is 18.0 Å². The number of likely N-dealkylation sites (tertiary alicyclic amines) is 1. The first kappa shape index (κ1) is 14.4. The number of carboxylic acid groups (broad SMARTS) is 1. The molecule has 7 heteroatoms. The molecule has 2 rings (SSSR count). The summed E-state index contributed by atoms with van der Waals surface area (Å²) in [5, 5.41) is 15.8. The molecule has 7 nitrogen and oxygen atoms in total. The molecule has 110 valence electrons. The molecule has 1 aromatic heterocycles. The number of carbonyl (C=O) groups excluding carboxylic acids is 1. The minimum atomic E-state index is -0.761. The van der Waals surface area contributed by atoms with Crippen LogP contribution in [0, 0.1) is 5.92 Å². The number of amides is 2. The highest BCUT2D eigenvalue weighted by Gasteiger charge is 2.24. The molecule has 2 N–H and O–H groups in total. The van der Waals surface area contributed by atoms with E-state index in [1.54, 1.807) is 9.58 Å². The predicted octanol–water partition coefficient (Wildman–Crippen LogP) is 0.816. The second-order valence-corrected chi connectivity index (χ2v) is 5.17. The van der Waals surface area contributed by atoms with Gasteiger partial charge < -0.3 is 15.3 Å². The van der Waals surface area contributed by atoms with Gasteiger partial charge in [0, 0.05) is 32.8 Å². The lowest BCUT2D eigenvalue weighted by atomic mass is 9.94. The van der Waals surface area contributed by atoms with Crippen LogP contribution in [0.4, 0.5) is 4.79 Å². The third kappa shape index (κ3) is 3.97. The summed E-state index contributed by atoms with van der Waals surface area (Å²) >= 11 is 0. The smallest absolute Gasteiger partial charge is 0.317 e. The summed E-state index contributed by atoms with van der Waals surface area (Å²) in [5.74, 6) is -0.574. The number of hydrogen-bond donors (Lipinski definition) is 2. The first-order valence-corrected chi connectivity index (χ1v) is 6.77. The highest BCUT2D eigenvalue weighted by atomic mass is 16.4. The molecular formula is C13H20N4O3. The third-order valence-electron chi connectivity index (χ3n) is 3.55. The summed E-state index contributed by atoms with van der Waals surface area (Å²) < 4.78 is 1.69. The van der Waals surface area contributed by atoms with E-state index in [1.807, 2.05) is 19.3 Å². The van der Waals surface area contributed by atoms with Crippen molar-refractivity contribution in [3.63, 3.8) is 0 Å². The molecule has 1 saturated heterocycles. The van der Waals surface area contributed by atoms with E-state index in [2.05, 4.69) is 10.4 Å². The Bertz CT molecular complexity index is 478. The average Bonchev–Trinajstić information content (AvgIpc) is 2.82. The lowest BCUT2D eigenvalue weighted by Crippen LogP contribution is -2.44. The Hall–Kier alpha value is -2.05. The second kappa shape index (κ2) is 6.40. The number of piperidine rings is 1. The molecule has 1 fully saturated rings. The molecular weight excluding hydrogens is 260 g/mol. The van der Waals surface area contributed by atoms with Crippen molar-refractivity contribution >= 4 is 12.0 Å². The van der Waals surface area contributed by atoms with Gasteiger partial charge in [0.2, 0.25) is 0 Å². The molecule has 0 spiro atoms. The third-order valence-corrected chi connectivity index (χ3v) is 3.55. The van der Waals surface area contributed by atoms with E-state index in [4.69, 9.17) is 5.11 Å². The Balaban J connectivity index is 1.73. The van der Waals surface area contributed by atoms with Gasteiger partial charge in [-0.15, -0.1) is 0 Å². The monoisotopic (exact) mass is 280 g/mol. The summed E-state index contributed by atoms with van der Waals surface area (Å²) in [6.45, 7) is 1.65. The van der Waals surface area contributed by atoms with Crippen LogP contribution in [-0.4, -0.2) is 44.9 Å². The van der Waals surface area contributed by atoms with Gasteiger partial charge in [-0.1, -0.05) is 0 Å². The van der Waals surface area contributed by atoms with Crippen molar-refractivity contribution in [2.24, 2.45) is 13.0 Å². The summed E-state index contributed by atoms with van der Waals surface area (Å²) in [4.78, 5) is 24.4.